The second kappa shape index (κ2) is 9.78. The lowest BCUT2D eigenvalue weighted by molar-refractivity contribution is -0.139. The summed E-state index contributed by atoms with van der Waals surface area (Å²) in [5.41, 5.74) is 2.80. The minimum atomic E-state index is -0.819. The third-order valence-corrected chi connectivity index (χ3v) is 7.28. The molecule has 0 fully saturated rings. The predicted molar refractivity (Wildman–Crippen MR) is 137 cm³/mol. The summed E-state index contributed by atoms with van der Waals surface area (Å²) in [6.45, 7) is 5.77. The van der Waals surface area contributed by atoms with Crippen LogP contribution in [-0.4, -0.2) is 38.2 Å². The molecule has 3 aromatic rings. The quantitative estimate of drug-likeness (QED) is 0.459. The smallest absolute Gasteiger partial charge is 0.338 e. The van der Waals surface area contributed by atoms with Gasteiger partial charge in [-0.25, -0.2) is 9.79 Å². The molecule has 0 amide bonds. The second-order valence-electron chi connectivity index (χ2n) is 8.47. The molecule has 2 aliphatic rings. The van der Waals surface area contributed by atoms with Gasteiger partial charge in [0, 0.05) is 5.56 Å². The van der Waals surface area contributed by atoms with Gasteiger partial charge in [0.15, 0.2) is 16.3 Å². The summed E-state index contributed by atoms with van der Waals surface area (Å²) in [5.74, 6) is 1.83. The van der Waals surface area contributed by atoms with Crippen molar-refractivity contribution in [3.8, 4) is 23.0 Å². The first-order valence-corrected chi connectivity index (χ1v) is 12.5. The van der Waals surface area contributed by atoms with E-state index >= 15 is 0 Å². The maximum atomic E-state index is 13.9. The van der Waals surface area contributed by atoms with Gasteiger partial charge in [-0.2, -0.15) is 0 Å². The number of esters is 1. The summed E-state index contributed by atoms with van der Waals surface area (Å²) >= 11 is 1.25. The zero-order valence-electron chi connectivity index (χ0n) is 21.1. The molecule has 37 heavy (non-hydrogen) atoms. The van der Waals surface area contributed by atoms with E-state index < -0.39 is 12.0 Å². The fourth-order valence-electron chi connectivity index (χ4n) is 4.49. The number of aromatic nitrogens is 1. The van der Waals surface area contributed by atoms with Crippen LogP contribution >= 0.6 is 11.3 Å². The fourth-order valence-corrected chi connectivity index (χ4v) is 5.53. The second-order valence-corrected chi connectivity index (χ2v) is 9.48. The van der Waals surface area contributed by atoms with E-state index in [1.165, 1.54) is 23.0 Å². The summed E-state index contributed by atoms with van der Waals surface area (Å²) in [7, 11) is 3.09. The lowest BCUT2D eigenvalue weighted by Gasteiger charge is -2.26. The molecule has 0 saturated heterocycles. The summed E-state index contributed by atoms with van der Waals surface area (Å²) in [6.07, 6.45) is 1.81. The molecule has 5 rings (SSSR count). The standard InChI is InChI=1S/C27H26N2O7S/c1-6-34-26(31)23-15(3)28-27-29(24(23)18-12-17(32-4)7-8-19(18)33-5)25(30)22(37-27)11-16-10-21-20(9-14(16)2)35-13-36-21/h7-12,24H,6,13H2,1-5H3/b22-11+. The van der Waals surface area contributed by atoms with Gasteiger partial charge in [-0.05, 0) is 68.3 Å². The maximum absolute atomic E-state index is 13.9. The van der Waals surface area contributed by atoms with Crippen LogP contribution in [0.1, 0.15) is 36.6 Å². The van der Waals surface area contributed by atoms with Crippen LogP contribution in [0.4, 0.5) is 0 Å². The van der Waals surface area contributed by atoms with Crippen molar-refractivity contribution in [3.05, 3.63) is 78.0 Å². The molecule has 9 nitrogen and oxygen atoms in total. The number of carbonyl (C=O) groups is 1. The van der Waals surface area contributed by atoms with Gasteiger partial charge < -0.3 is 23.7 Å². The van der Waals surface area contributed by atoms with E-state index in [1.54, 1.807) is 39.2 Å². The SMILES string of the molecule is CCOC(=O)C1=C(C)N=c2s/c(=C/c3cc4c(cc3C)OCO4)c(=O)n2C1c1cc(OC)ccc1OC. The van der Waals surface area contributed by atoms with Gasteiger partial charge in [-0.3, -0.25) is 9.36 Å². The first-order chi connectivity index (χ1) is 17.9. The minimum absolute atomic E-state index is 0.165. The van der Waals surface area contributed by atoms with Crippen molar-refractivity contribution in [2.45, 2.75) is 26.8 Å². The minimum Gasteiger partial charge on any atom is -0.497 e. The normalized spacial score (nSPS) is 16.4. The van der Waals surface area contributed by atoms with Gasteiger partial charge in [-0.15, -0.1) is 0 Å². The third kappa shape index (κ3) is 4.27. The Hall–Kier alpha value is -4.05. The van der Waals surface area contributed by atoms with Crippen molar-refractivity contribution < 1.29 is 28.5 Å². The number of benzene rings is 2. The largest absolute Gasteiger partial charge is 0.497 e. The van der Waals surface area contributed by atoms with E-state index in [2.05, 4.69) is 4.99 Å². The number of hydrogen-bond donors (Lipinski definition) is 0. The number of rotatable bonds is 6. The van der Waals surface area contributed by atoms with E-state index in [9.17, 15) is 9.59 Å². The van der Waals surface area contributed by atoms with Crippen molar-refractivity contribution in [1.29, 1.82) is 0 Å². The zero-order valence-corrected chi connectivity index (χ0v) is 21.9. The molecule has 1 unspecified atom stereocenters. The Labute approximate surface area is 216 Å². The maximum Gasteiger partial charge on any atom is 0.338 e. The number of fused-ring (bicyclic) bond motifs is 2. The van der Waals surface area contributed by atoms with Crippen LogP contribution in [0.5, 0.6) is 23.0 Å². The van der Waals surface area contributed by atoms with Crippen LogP contribution in [0, 0.1) is 6.92 Å². The van der Waals surface area contributed by atoms with E-state index in [0.29, 0.717) is 43.6 Å². The highest BCUT2D eigenvalue weighted by Gasteiger charge is 2.35. The van der Waals surface area contributed by atoms with Gasteiger partial charge in [-0.1, -0.05) is 11.3 Å². The molecule has 10 heteroatoms. The molecule has 2 aromatic carbocycles. The average molecular weight is 523 g/mol. The fraction of sp³-hybridized carbons (Fsp3) is 0.296. The highest BCUT2D eigenvalue weighted by Crippen LogP contribution is 2.38. The first kappa shape index (κ1) is 24.6. The van der Waals surface area contributed by atoms with Crippen LogP contribution in [0.15, 0.2) is 51.4 Å². The van der Waals surface area contributed by atoms with Crippen LogP contribution in [0.2, 0.25) is 0 Å². The predicted octanol–water partition coefficient (Wildman–Crippen LogP) is 2.85. The van der Waals surface area contributed by atoms with Gasteiger partial charge in [0.05, 0.1) is 36.6 Å². The monoisotopic (exact) mass is 522 g/mol. The highest BCUT2D eigenvalue weighted by atomic mass is 32.1. The Morgan fingerprint density at radius 3 is 2.62 bits per heavy atom. The Kier molecular flexibility index (Phi) is 6.51. The Morgan fingerprint density at radius 2 is 1.92 bits per heavy atom. The number of allylic oxidation sites excluding steroid dienone is 1. The third-order valence-electron chi connectivity index (χ3n) is 6.30. The average Bonchev–Trinajstić information content (AvgIpc) is 3.46. The van der Waals surface area contributed by atoms with Crippen LogP contribution in [0.3, 0.4) is 0 Å². The molecule has 1 atom stereocenters. The molecule has 2 aliphatic heterocycles. The van der Waals surface area contributed by atoms with E-state index in [4.69, 9.17) is 23.7 Å². The molecule has 0 spiro atoms. The van der Waals surface area contributed by atoms with E-state index in [-0.39, 0.29) is 24.5 Å². The lowest BCUT2D eigenvalue weighted by atomic mass is 9.94. The number of thiazole rings is 1. The van der Waals surface area contributed by atoms with Crippen molar-refractivity contribution in [2.24, 2.45) is 4.99 Å². The molecule has 192 valence electrons. The molecular formula is C27H26N2O7S. The lowest BCUT2D eigenvalue weighted by Crippen LogP contribution is -2.40. The molecule has 0 aliphatic carbocycles. The van der Waals surface area contributed by atoms with Crippen molar-refractivity contribution >= 4 is 23.4 Å². The van der Waals surface area contributed by atoms with Crippen LogP contribution < -0.4 is 33.8 Å². The topological polar surface area (TPSA) is 97.6 Å². The number of nitrogens with zero attached hydrogens (tertiary/aromatic N) is 2. The molecule has 0 saturated carbocycles. The molecule has 3 heterocycles. The number of ether oxygens (including phenoxy) is 5. The molecule has 0 N–H and O–H groups in total. The zero-order chi connectivity index (χ0) is 26.3. The van der Waals surface area contributed by atoms with Crippen molar-refractivity contribution in [1.82, 2.24) is 4.57 Å². The summed E-state index contributed by atoms with van der Waals surface area (Å²) < 4.78 is 29.4. The Balaban J connectivity index is 1.76. The molecule has 0 radical (unpaired) electrons. The van der Waals surface area contributed by atoms with Crippen LogP contribution in [-0.2, 0) is 9.53 Å². The van der Waals surface area contributed by atoms with E-state index in [1.807, 2.05) is 25.1 Å². The molecular weight excluding hydrogens is 496 g/mol. The number of carbonyl (C=O) groups excluding carboxylic acids is 1. The van der Waals surface area contributed by atoms with Gasteiger partial charge in [0.25, 0.3) is 5.56 Å². The Morgan fingerprint density at radius 1 is 1.16 bits per heavy atom. The highest BCUT2D eigenvalue weighted by molar-refractivity contribution is 7.07. The number of methoxy groups -OCH3 is 2. The van der Waals surface area contributed by atoms with Gasteiger partial charge in [0.2, 0.25) is 6.79 Å². The molecule has 1 aromatic heterocycles. The van der Waals surface area contributed by atoms with E-state index in [0.717, 1.165) is 11.1 Å². The summed E-state index contributed by atoms with van der Waals surface area (Å²) in [4.78, 5) is 32.2. The summed E-state index contributed by atoms with van der Waals surface area (Å²) in [5, 5.41) is 0. The Bertz CT molecular complexity index is 1620. The van der Waals surface area contributed by atoms with Gasteiger partial charge in [0.1, 0.15) is 17.5 Å². The number of aryl methyl sites for hydroxylation is 1. The first-order valence-electron chi connectivity index (χ1n) is 11.7. The summed E-state index contributed by atoms with van der Waals surface area (Å²) in [6, 6.07) is 8.19. The van der Waals surface area contributed by atoms with Crippen molar-refractivity contribution in [2.75, 3.05) is 27.6 Å². The number of hydrogen-bond acceptors (Lipinski definition) is 9. The van der Waals surface area contributed by atoms with Crippen LogP contribution in [0.25, 0.3) is 6.08 Å². The van der Waals surface area contributed by atoms with Gasteiger partial charge >= 0.3 is 5.97 Å². The van der Waals surface area contributed by atoms with Crippen molar-refractivity contribution in [3.63, 3.8) is 0 Å². The molecule has 0 bridgehead atoms.